The first-order valence-electron chi connectivity index (χ1n) is 6.26. The van der Waals surface area contributed by atoms with E-state index in [-0.39, 0.29) is 17.3 Å². The molecule has 1 N–H and O–H groups in total. The lowest BCUT2D eigenvalue weighted by molar-refractivity contribution is 0.423. The molecule has 1 aliphatic carbocycles. The van der Waals surface area contributed by atoms with Crippen LogP contribution in [-0.2, 0) is 0 Å². The summed E-state index contributed by atoms with van der Waals surface area (Å²) >= 11 is 0. The summed E-state index contributed by atoms with van der Waals surface area (Å²) in [4.78, 5) is 3.83. The van der Waals surface area contributed by atoms with Crippen molar-refractivity contribution in [3.05, 3.63) is 47.5 Å². The number of nitrogens with zero attached hydrogens (tertiary/aromatic N) is 1. The Bertz CT molecular complexity index is 624. The fourth-order valence-electron chi connectivity index (χ4n) is 1.99. The minimum atomic E-state index is -0.382. The van der Waals surface area contributed by atoms with Gasteiger partial charge in [0.25, 0.3) is 0 Å². The van der Waals surface area contributed by atoms with Crippen LogP contribution < -0.4 is 4.74 Å². The number of hydrogen-bond acceptors (Lipinski definition) is 3. The predicted octanol–water partition coefficient (Wildman–Crippen LogP) is 3.90. The second kappa shape index (κ2) is 4.53. The Morgan fingerprint density at radius 1 is 1.26 bits per heavy atom. The van der Waals surface area contributed by atoms with E-state index in [1.54, 1.807) is 13.0 Å². The van der Waals surface area contributed by atoms with Crippen LogP contribution in [0.3, 0.4) is 0 Å². The van der Waals surface area contributed by atoms with Crippen molar-refractivity contribution < 1.29 is 14.2 Å². The topological polar surface area (TPSA) is 42.4 Å². The molecule has 1 aromatic carbocycles. The van der Waals surface area contributed by atoms with Crippen LogP contribution in [0.25, 0.3) is 0 Å². The van der Waals surface area contributed by atoms with Crippen LogP contribution in [0, 0.1) is 12.7 Å². The Kier molecular flexibility index (Phi) is 2.85. The normalized spacial score (nSPS) is 14.4. The summed E-state index contributed by atoms with van der Waals surface area (Å²) in [5, 5.41) is 9.54. The first kappa shape index (κ1) is 12.0. The average Bonchev–Trinajstić information content (AvgIpc) is 3.21. The van der Waals surface area contributed by atoms with Crippen LogP contribution in [0.5, 0.6) is 17.2 Å². The van der Waals surface area contributed by atoms with Gasteiger partial charge in [-0.3, -0.25) is 4.98 Å². The fourth-order valence-corrected chi connectivity index (χ4v) is 1.99. The molecule has 0 unspecified atom stereocenters. The maximum absolute atomic E-state index is 13.9. The van der Waals surface area contributed by atoms with Gasteiger partial charge in [0.2, 0.25) is 0 Å². The fraction of sp³-hybridized carbons (Fsp3) is 0.267. The van der Waals surface area contributed by atoms with Crippen molar-refractivity contribution in [1.29, 1.82) is 0 Å². The molecule has 1 aromatic heterocycles. The standard InChI is InChI=1S/C15H14FNO2/c1-9-13(18)7-17-8-15(9)19-14-5-4-11(6-12(14)16)10-2-3-10/h4-8,10,18H,2-3H2,1H3. The molecule has 0 radical (unpaired) electrons. The number of pyridine rings is 1. The van der Waals surface area contributed by atoms with Crippen molar-refractivity contribution in [3.63, 3.8) is 0 Å². The number of aromatic hydroxyl groups is 1. The molecule has 0 aliphatic heterocycles. The molecule has 1 heterocycles. The quantitative estimate of drug-likeness (QED) is 0.908. The molecule has 1 saturated carbocycles. The number of rotatable bonds is 3. The van der Waals surface area contributed by atoms with Gasteiger partial charge in [-0.1, -0.05) is 6.07 Å². The zero-order valence-corrected chi connectivity index (χ0v) is 10.6. The van der Waals surface area contributed by atoms with E-state index in [4.69, 9.17) is 4.74 Å². The first-order valence-corrected chi connectivity index (χ1v) is 6.26. The largest absolute Gasteiger partial charge is 0.506 e. The van der Waals surface area contributed by atoms with E-state index in [2.05, 4.69) is 4.98 Å². The summed E-state index contributed by atoms with van der Waals surface area (Å²) < 4.78 is 19.4. The SMILES string of the molecule is Cc1c(O)cncc1Oc1ccc(C2CC2)cc1F. The van der Waals surface area contributed by atoms with Crippen LogP contribution in [-0.4, -0.2) is 10.1 Å². The zero-order valence-electron chi connectivity index (χ0n) is 10.6. The smallest absolute Gasteiger partial charge is 0.166 e. The number of benzene rings is 1. The maximum Gasteiger partial charge on any atom is 0.166 e. The molecule has 1 fully saturated rings. The lowest BCUT2D eigenvalue weighted by Crippen LogP contribution is -1.93. The molecule has 2 aromatic rings. The highest BCUT2D eigenvalue weighted by atomic mass is 19.1. The van der Waals surface area contributed by atoms with Gasteiger partial charge in [0.05, 0.1) is 12.4 Å². The third kappa shape index (κ3) is 2.38. The van der Waals surface area contributed by atoms with Gasteiger partial charge in [0, 0.05) is 5.56 Å². The minimum Gasteiger partial charge on any atom is -0.506 e. The summed E-state index contributed by atoms with van der Waals surface area (Å²) in [5.74, 6) is 0.672. The second-order valence-electron chi connectivity index (χ2n) is 4.85. The molecule has 0 bridgehead atoms. The van der Waals surface area contributed by atoms with Gasteiger partial charge in [0.1, 0.15) is 5.75 Å². The van der Waals surface area contributed by atoms with Gasteiger partial charge in [-0.2, -0.15) is 0 Å². The van der Waals surface area contributed by atoms with Crippen molar-refractivity contribution in [1.82, 2.24) is 4.98 Å². The highest BCUT2D eigenvalue weighted by Crippen LogP contribution is 2.41. The van der Waals surface area contributed by atoms with Crippen LogP contribution in [0.15, 0.2) is 30.6 Å². The van der Waals surface area contributed by atoms with E-state index in [9.17, 15) is 9.50 Å². The van der Waals surface area contributed by atoms with Crippen LogP contribution in [0.4, 0.5) is 4.39 Å². The summed E-state index contributed by atoms with van der Waals surface area (Å²) in [5.41, 5.74) is 1.57. The number of ether oxygens (including phenoxy) is 1. The highest BCUT2D eigenvalue weighted by molar-refractivity contribution is 5.43. The van der Waals surface area contributed by atoms with Crippen molar-refractivity contribution in [2.75, 3.05) is 0 Å². The molecule has 3 rings (SSSR count). The monoisotopic (exact) mass is 259 g/mol. The Morgan fingerprint density at radius 3 is 2.74 bits per heavy atom. The van der Waals surface area contributed by atoms with Crippen molar-refractivity contribution in [2.24, 2.45) is 0 Å². The zero-order chi connectivity index (χ0) is 13.4. The molecule has 0 amide bonds. The van der Waals surface area contributed by atoms with Gasteiger partial charge in [-0.25, -0.2) is 4.39 Å². The van der Waals surface area contributed by atoms with E-state index in [0.29, 0.717) is 17.2 Å². The van der Waals surface area contributed by atoms with Gasteiger partial charge in [0.15, 0.2) is 17.3 Å². The van der Waals surface area contributed by atoms with E-state index in [1.165, 1.54) is 18.5 Å². The Hall–Kier alpha value is -2.10. The third-order valence-electron chi connectivity index (χ3n) is 3.37. The van der Waals surface area contributed by atoms with Gasteiger partial charge >= 0.3 is 0 Å². The molecule has 0 spiro atoms. The van der Waals surface area contributed by atoms with Crippen molar-refractivity contribution >= 4 is 0 Å². The molecule has 0 atom stereocenters. The molecular formula is C15H14FNO2. The molecule has 1 aliphatic rings. The van der Waals surface area contributed by atoms with Crippen molar-refractivity contribution in [3.8, 4) is 17.2 Å². The molecular weight excluding hydrogens is 245 g/mol. The van der Waals surface area contributed by atoms with Crippen LogP contribution in [0.2, 0.25) is 0 Å². The summed E-state index contributed by atoms with van der Waals surface area (Å²) in [6.07, 6.45) is 5.06. The number of aromatic nitrogens is 1. The maximum atomic E-state index is 13.9. The van der Waals surface area contributed by atoms with Crippen molar-refractivity contribution in [2.45, 2.75) is 25.7 Å². The molecule has 3 nitrogen and oxygen atoms in total. The lowest BCUT2D eigenvalue weighted by atomic mass is 10.1. The minimum absolute atomic E-state index is 0.0347. The molecule has 19 heavy (non-hydrogen) atoms. The molecule has 0 saturated heterocycles. The summed E-state index contributed by atoms with van der Waals surface area (Å²) in [6.45, 7) is 1.70. The number of hydrogen-bond donors (Lipinski definition) is 1. The molecule has 4 heteroatoms. The number of halogens is 1. The second-order valence-corrected chi connectivity index (χ2v) is 4.85. The van der Waals surface area contributed by atoms with E-state index >= 15 is 0 Å². The van der Waals surface area contributed by atoms with Gasteiger partial charge < -0.3 is 9.84 Å². The predicted molar refractivity (Wildman–Crippen MR) is 69.1 cm³/mol. The Morgan fingerprint density at radius 2 is 2.05 bits per heavy atom. The van der Waals surface area contributed by atoms with Crippen LogP contribution >= 0.6 is 0 Å². The summed E-state index contributed by atoms with van der Waals surface area (Å²) in [6, 6.07) is 5.05. The van der Waals surface area contributed by atoms with E-state index in [1.807, 2.05) is 6.07 Å². The first-order chi connectivity index (χ1) is 9.15. The summed E-state index contributed by atoms with van der Waals surface area (Å²) in [7, 11) is 0. The Balaban J connectivity index is 1.88. The van der Waals surface area contributed by atoms with E-state index < -0.39 is 0 Å². The van der Waals surface area contributed by atoms with E-state index in [0.717, 1.165) is 18.4 Å². The van der Waals surface area contributed by atoms with Crippen LogP contribution in [0.1, 0.15) is 29.9 Å². The molecule has 98 valence electrons. The third-order valence-corrected chi connectivity index (χ3v) is 3.37. The lowest BCUT2D eigenvalue weighted by Gasteiger charge is -2.10. The highest BCUT2D eigenvalue weighted by Gasteiger charge is 2.24. The van der Waals surface area contributed by atoms with Gasteiger partial charge in [-0.05, 0) is 43.4 Å². The Labute approximate surface area is 110 Å². The average molecular weight is 259 g/mol. The van der Waals surface area contributed by atoms with Gasteiger partial charge in [-0.15, -0.1) is 0 Å².